The molecule has 8 heteroatoms. The SMILES string of the molecule is Cc1ccc(C(N)=NO)cc1NC(=O)c1snnc1C. The summed E-state index contributed by atoms with van der Waals surface area (Å²) in [5.41, 5.74) is 8.09. The van der Waals surface area contributed by atoms with Crippen LogP contribution in [0.3, 0.4) is 0 Å². The first kappa shape index (κ1) is 13.9. The summed E-state index contributed by atoms with van der Waals surface area (Å²) in [7, 11) is 0. The minimum atomic E-state index is -0.280. The van der Waals surface area contributed by atoms with Gasteiger partial charge in [-0.25, -0.2) is 0 Å². The molecule has 0 aliphatic carbocycles. The summed E-state index contributed by atoms with van der Waals surface area (Å²) in [5, 5.41) is 18.2. The van der Waals surface area contributed by atoms with Gasteiger partial charge in [0.05, 0.1) is 5.69 Å². The van der Waals surface area contributed by atoms with Gasteiger partial charge in [0.15, 0.2) is 5.84 Å². The quantitative estimate of drug-likeness (QED) is 0.343. The molecule has 0 aliphatic heterocycles. The van der Waals surface area contributed by atoms with Crippen LogP contribution < -0.4 is 11.1 Å². The zero-order valence-corrected chi connectivity index (χ0v) is 11.7. The van der Waals surface area contributed by atoms with Crippen molar-refractivity contribution in [2.24, 2.45) is 10.9 Å². The number of aromatic nitrogens is 2. The first-order chi connectivity index (χ1) is 9.52. The third-order valence-electron chi connectivity index (χ3n) is 2.75. The molecule has 2 rings (SSSR count). The van der Waals surface area contributed by atoms with Crippen LogP contribution in [0.4, 0.5) is 5.69 Å². The highest BCUT2D eigenvalue weighted by atomic mass is 32.1. The molecule has 20 heavy (non-hydrogen) atoms. The van der Waals surface area contributed by atoms with Crippen LogP contribution in [0.15, 0.2) is 23.4 Å². The predicted octanol–water partition coefficient (Wildman–Crippen LogP) is 1.50. The molecule has 0 unspecified atom stereocenters. The largest absolute Gasteiger partial charge is 0.409 e. The smallest absolute Gasteiger partial charge is 0.269 e. The van der Waals surface area contributed by atoms with Crippen molar-refractivity contribution in [1.82, 2.24) is 9.59 Å². The third-order valence-corrected chi connectivity index (χ3v) is 3.57. The van der Waals surface area contributed by atoms with Crippen LogP contribution in [0, 0.1) is 13.8 Å². The number of carbonyl (C=O) groups excluding carboxylic acids is 1. The van der Waals surface area contributed by atoms with Crippen LogP contribution >= 0.6 is 11.5 Å². The molecule has 0 saturated heterocycles. The zero-order chi connectivity index (χ0) is 14.7. The molecule has 0 radical (unpaired) electrons. The van der Waals surface area contributed by atoms with Crippen LogP contribution in [-0.4, -0.2) is 26.5 Å². The first-order valence-corrected chi connectivity index (χ1v) is 6.49. The van der Waals surface area contributed by atoms with Crippen LogP contribution in [0.1, 0.15) is 26.5 Å². The third kappa shape index (κ3) is 2.75. The van der Waals surface area contributed by atoms with Gasteiger partial charge in [-0.2, -0.15) is 0 Å². The topological polar surface area (TPSA) is 113 Å². The highest BCUT2D eigenvalue weighted by molar-refractivity contribution is 7.08. The van der Waals surface area contributed by atoms with Gasteiger partial charge in [-0.3, -0.25) is 4.79 Å². The van der Waals surface area contributed by atoms with Gasteiger partial charge in [0, 0.05) is 11.3 Å². The lowest BCUT2D eigenvalue weighted by Crippen LogP contribution is -2.16. The Morgan fingerprint density at radius 3 is 2.80 bits per heavy atom. The Hall–Kier alpha value is -2.48. The van der Waals surface area contributed by atoms with E-state index in [0.29, 0.717) is 21.8 Å². The highest BCUT2D eigenvalue weighted by Gasteiger charge is 2.14. The Kier molecular flexibility index (Phi) is 3.94. The number of carbonyl (C=O) groups is 1. The van der Waals surface area contributed by atoms with Gasteiger partial charge in [-0.15, -0.1) is 5.10 Å². The second-order valence-corrected chi connectivity index (χ2v) is 4.91. The van der Waals surface area contributed by atoms with Crippen molar-refractivity contribution in [1.29, 1.82) is 0 Å². The average Bonchev–Trinajstić information content (AvgIpc) is 2.86. The van der Waals surface area contributed by atoms with Gasteiger partial charge in [0.2, 0.25) is 0 Å². The maximum Gasteiger partial charge on any atom is 0.269 e. The second-order valence-electron chi connectivity index (χ2n) is 4.16. The predicted molar refractivity (Wildman–Crippen MR) is 76.3 cm³/mol. The number of oxime groups is 1. The van der Waals surface area contributed by atoms with E-state index in [9.17, 15) is 4.79 Å². The second kappa shape index (κ2) is 5.66. The molecule has 0 bridgehead atoms. The standard InChI is InChI=1S/C12H13N5O2S/c1-6-3-4-8(11(13)16-19)5-9(6)14-12(18)10-7(2)15-17-20-10/h3-5,19H,1-2H3,(H2,13,16)(H,14,18). The van der Waals surface area contributed by atoms with Crippen molar-refractivity contribution in [2.45, 2.75) is 13.8 Å². The highest BCUT2D eigenvalue weighted by Crippen LogP contribution is 2.19. The van der Waals surface area contributed by atoms with Crippen LogP contribution in [-0.2, 0) is 0 Å². The Morgan fingerprint density at radius 1 is 1.45 bits per heavy atom. The monoisotopic (exact) mass is 291 g/mol. The van der Waals surface area contributed by atoms with Crippen LogP contribution in [0.2, 0.25) is 0 Å². The number of nitrogens with two attached hydrogens (primary N) is 1. The Bertz CT molecular complexity index is 680. The van der Waals surface area contributed by atoms with Crippen molar-refractivity contribution in [3.63, 3.8) is 0 Å². The van der Waals surface area contributed by atoms with Gasteiger partial charge < -0.3 is 16.3 Å². The van der Waals surface area contributed by atoms with Gasteiger partial charge in [0.25, 0.3) is 5.91 Å². The maximum absolute atomic E-state index is 12.1. The first-order valence-electron chi connectivity index (χ1n) is 5.71. The van der Waals surface area contributed by atoms with E-state index in [1.807, 2.05) is 6.92 Å². The van der Waals surface area contributed by atoms with E-state index in [0.717, 1.165) is 17.1 Å². The van der Waals surface area contributed by atoms with E-state index < -0.39 is 0 Å². The number of anilines is 1. The van der Waals surface area contributed by atoms with Crippen LogP contribution in [0.25, 0.3) is 0 Å². The molecule has 7 nitrogen and oxygen atoms in total. The number of nitrogens with zero attached hydrogens (tertiary/aromatic N) is 3. The summed E-state index contributed by atoms with van der Waals surface area (Å²) in [6, 6.07) is 5.13. The molecule has 0 saturated carbocycles. The molecule has 0 spiro atoms. The summed E-state index contributed by atoms with van der Waals surface area (Å²) in [5.74, 6) is -0.298. The molecule has 0 fully saturated rings. The van der Waals surface area contributed by atoms with E-state index in [4.69, 9.17) is 10.9 Å². The Morgan fingerprint density at radius 2 is 2.20 bits per heavy atom. The minimum Gasteiger partial charge on any atom is -0.409 e. The number of nitrogens with one attached hydrogen (secondary N) is 1. The van der Waals surface area contributed by atoms with E-state index in [1.165, 1.54) is 0 Å². The van der Waals surface area contributed by atoms with E-state index in [-0.39, 0.29) is 11.7 Å². The van der Waals surface area contributed by atoms with Crippen molar-refractivity contribution in [2.75, 3.05) is 5.32 Å². The van der Waals surface area contributed by atoms with E-state index >= 15 is 0 Å². The molecule has 2 aromatic rings. The summed E-state index contributed by atoms with van der Waals surface area (Å²) in [4.78, 5) is 12.6. The summed E-state index contributed by atoms with van der Waals surface area (Å²) < 4.78 is 3.72. The van der Waals surface area contributed by atoms with E-state index in [1.54, 1.807) is 25.1 Å². The molecular weight excluding hydrogens is 278 g/mol. The lowest BCUT2D eigenvalue weighted by atomic mass is 10.1. The Balaban J connectivity index is 2.29. The van der Waals surface area contributed by atoms with Gasteiger partial charge in [0.1, 0.15) is 4.88 Å². The number of amidine groups is 1. The van der Waals surface area contributed by atoms with Gasteiger partial charge >= 0.3 is 0 Å². The summed E-state index contributed by atoms with van der Waals surface area (Å²) >= 11 is 1.04. The average molecular weight is 291 g/mol. The number of rotatable bonds is 3. The van der Waals surface area contributed by atoms with Crippen molar-refractivity contribution >= 4 is 29.0 Å². The molecular formula is C12H13N5O2S. The molecule has 0 aliphatic rings. The van der Waals surface area contributed by atoms with Gasteiger partial charge in [-0.05, 0) is 37.0 Å². The molecule has 1 amide bonds. The Labute approximate surface area is 119 Å². The van der Waals surface area contributed by atoms with E-state index in [2.05, 4.69) is 20.1 Å². The molecule has 4 N–H and O–H groups in total. The zero-order valence-electron chi connectivity index (χ0n) is 10.9. The molecule has 1 aromatic heterocycles. The number of amides is 1. The lowest BCUT2D eigenvalue weighted by Gasteiger charge is -2.09. The number of benzene rings is 1. The molecule has 0 atom stereocenters. The normalized spacial score (nSPS) is 11.4. The number of hydrogen-bond donors (Lipinski definition) is 3. The molecule has 1 aromatic carbocycles. The molecule has 1 heterocycles. The van der Waals surface area contributed by atoms with Crippen LogP contribution in [0.5, 0.6) is 0 Å². The fourth-order valence-electron chi connectivity index (χ4n) is 1.59. The minimum absolute atomic E-state index is 0.0175. The lowest BCUT2D eigenvalue weighted by molar-refractivity contribution is 0.102. The fourth-order valence-corrected chi connectivity index (χ4v) is 2.14. The number of aryl methyl sites for hydroxylation is 2. The summed E-state index contributed by atoms with van der Waals surface area (Å²) in [6.07, 6.45) is 0. The number of hydrogen-bond acceptors (Lipinski definition) is 6. The van der Waals surface area contributed by atoms with Crippen molar-refractivity contribution < 1.29 is 10.0 Å². The molecule has 104 valence electrons. The summed E-state index contributed by atoms with van der Waals surface area (Å²) in [6.45, 7) is 3.57. The van der Waals surface area contributed by atoms with Crippen molar-refractivity contribution in [3.8, 4) is 0 Å². The maximum atomic E-state index is 12.1. The van der Waals surface area contributed by atoms with Gasteiger partial charge in [-0.1, -0.05) is 21.8 Å². The fraction of sp³-hybridized carbons (Fsp3) is 0.167. The van der Waals surface area contributed by atoms with Crippen molar-refractivity contribution in [3.05, 3.63) is 39.9 Å².